The Balaban J connectivity index is 2.52. The number of nitrogens with zero attached hydrogens (tertiary/aromatic N) is 1. The van der Waals surface area contributed by atoms with Gasteiger partial charge in [0.05, 0.1) is 6.54 Å². The molecule has 17 heavy (non-hydrogen) atoms. The number of ketones is 1. The Labute approximate surface area is 104 Å². The van der Waals surface area contributed by atoms with Crippen LogP contribution < -0.4 is 0 Å². The quantitative estimate of drug-likeness (QED) is 0.439. The summed E-state index contributed by atoms with van der Waals surface area (Å²) in [6, 6.07) is 9.18. The fraction of sp³-hybridized carbons (Fsp3) is 0.400. The van der Waals surface area contributed by atoms with Gasteiger partial charge >= 0.3 is 0 Å². The molecule has 0 saturated heterocycles. The molecule has 90 valence electrons. The summed E-state index contributed by atoms with van der Waals surface area (Å²) >= 11 is 0. The molecule has 0 aliphatic carbocycles. The summed E-state index contributed by atoms with van der Waals surface area (Å²) in [6.07, 6.45) is 1.11. The maximum atomic E-state index is 11.7. The van der Waals surface area contributed by atoms with Crippen molar-refractivity contribution >= 4 is 5.78 Å². The number of hydrogen-bond donors (Lipinski definition) is 0. The number of hydrogen-bond acceptors (Lipinski definition) is 2. The topological polar surface area (TPSA) is 20.3 Å². The zero-order chi connectivity index (χ0) is 12.5. The van der Waals surface area contributed by atoms with Gasteiger partial charge in [0.15, 0.2) is 0 Å². The number of carbonyl (C=O) groups excluding carboxylic acids is 1. The van der Waals surface area contributed by atoms with Crippen molar-refractivity contribution in [2.24, 2.45) is 0 Å². The Morgan fingerprint density at radius 3 is 2.53 bits per heavy atom. The van der Waals surface area contributed by atoms with Crippen LogP contribution in [-0.2, 0) is 0 Å². The fourth-order valence-corrected chi connectivity index (χ4v) is 1.56. The summed E-state index contributed by atoms with van der Waals surface area (Å²) in [5.41, 5.74) is 0.665. The Kier molecular flexibility index (Phi) is 6.06. The highest BCUT2D eigenvalue weighted by molar-refractivity contribution is 6.08. The van der Waals surface area contributed by atoms with Crippen molar-refractivity contribution in [3.05, 3.63) is 35.9 Å². The minimum Gasteiger partial charge on any atom is -0.293 e. The lowest BCUT2D eigenvalue weighted by Crippen LogP contribution is -2.24. The van der Waals surface area contributed by atoms with Crippen molar-refractivity contribution in [2.45, 2.75) is 20.3 Å². The van der Waals surface area contributed by atoms with Gasteiger partial charge in [-0.25, -0.2) is 0 Å². The van der Waals surface area contributed by atoms with E-state index in [4.69, 9.17) is 0 Å². The average molecular weight is 229 g/mol. The summed E-state index contributed by atoms with van der Waals surface area (Å²) in [6.45, 7) is 6.93. The summed E-state index contributed by atoms with van der Waals surface area (Å²) in [4.78, 5) is 13.9. The molecule has 0 aromatic heterocycles. The van der Waals surface area contributed by atoms with Gasteiger partial charge in [-0.15, -0.1) is 0 Å². The van der Waals surface area contributed by atoms with E-state index in [0.717, 1.165) is 19.5 Å². The third kappa shape index (κ3) is 4.84. The maximum Gasteiger partial charge on any atom is 0.235 e. The standard InChI is InChI=1S/C15H19NO/c1-3-12-16(4-2)13-8-11-15(17)14-9-6-5-7-10-14/h5-7,9-10H,3-4,12-13H2,1-2H3. The SMILES string of the molecule is CCCN(CC)CC#CC(=O)c1ccccc1. The molecule has 0 N–H and O–H groups in total. The zero-order valence-corrected chi connectivity index (χ0v) is 10.6. The van der Waals surface area contributed by atoms with Gasteiger partial charge in [0.25, 0.3) is 0 Å². The molecule has 2 nitrogen and oxygen atoms in total. The third-order valence-corrected chi connectivity index (χ3v) is 2.53. The highest BCUT2D eigenvalue weighted by Gasteiger charge is 2.00. The zero-order valence-electron chi connectivity index (χ0n) is 10.6. The summed E-state index contributed by atoms with van der Waals surface area (Å²) in [7, 11) is 0. The van der Waals surface area contributed by atoms with E-state index in [9.17, 15) is 4.79 Å². The van der Waals surface area contributed by atoms with E-state index in [-0.39, 0.29) is 5.78 Å². The van der Waals surface area contributed by atoms with Gasteiger partial charge in [0, 0.05) is 5.56 Å². The largest absolute Gasteiger partial charge is 0.293 e. The van der Waals surface area contributed by atoms with Crippen molar-refractivity contribution in [3.63, 3.8) is 0 Å². The van der Waals surface area contributed by atoms with Gasteiger partial charge in [-0.1, -0.05) is 50.1 Å². The number of carbonyl (C=O) groups is 1. The minimum absolute atomic E-state index is 0.0989. The molecule has 0 radical (unpaired) electrons. The molecule has 0 spiro atoms. The van der Waals surface area contributed by atoms with Gasteiger partial charge in [-0.2, -0.15) is 0 Å². The van der Waals surface area contributed by atoms with E-state index in [0.29, 0.717) is 12.1 Å². The second kappa shape index (κ2) is 7.65. The second-order valence-corrected chi connectivity index (χ2v) is 3.87. The van der Waals surface area contributed by atoms with E-state index in [1.165, 1.54) is 0 Å². The highest BCUT2D eigenvalue weighted by Crippen LogP contribution is 1.98. The minimum atomic E-state index is -0.0989. The van der Waals surface area contributed by atoms with Crippen molar-refractivity contribution in [1.29, 1.82) is 0 Å². The van der Waals surface area contributed by atoms with Crippen LogP contribution in [0.4, 0.5) is 0 Å². The molecule has 2 heteroatoms. The van der Waals surface area contributed by atoms with Crippen LogP contribution in [0.3, 0.4) is 0 Å². The van der Waals surface area contributed by atoms with E-state index in [1.807, 2.05) is 18.2 Å². The first-order valence-corrected chi connectivity index (χ1v) is 6.08. The first kappa shape index (κ1) is 13.5. The molecule has 0 heterocycles. The molecule has 1 rings (SSSR count). The maximum absolute atomic E-state index is 11.7. The lowest BCUT2D eigenvalue weighted by Gasteiger charge is -2.15. The van der Waals surface area contributed by atoms with Gasteiger partial charge in [0.1, 0.15) is 0 Å². The molecular weight excluding hydrogens is 210 g/mol. The van der Waals surface area contributed by atoms with Crippen molar-refractivity contribution in [1.82, 2.24) is 4.90 Å². The van der Waals surface area contributed by atoms with E-state index < -0.39 is 0 Å². The smallest absolute Gasteiger partial charge is 0.235 e. The lowest BCUT2D eigenvalue weighted by atomic mass is 10.1. The molecule has 0 fully saturated rings. The number of rotatable bonds is 5. The van der Waals surface area contributed by atoms with Crippen LogP contribution in [0.25, 0.3) is 0 Å². The van der Waals surface area contributed by atoms with Crippen LogP contribution >= 0.6 is 0 Å². The highest BCUT2D eigenvalue weighted by atomic mass is 16.1. The molecule has 0 aliphatic heterocycles. The van der Waals surface area contributed by atoms with Crippen LogP contribution in [-0.4, -0.2) is 30.3 Å². The van der Waals surface area contributed by atoms with Gasteiger partial charge in [-0.3, -0.25) is 9.69 Å². The van der Waals surface area contributed by atoms with E-state index >= 15 is 0 Å². The van der Waals surface area contributed by atoms with Crippen molar-refractivity contribution in [3.8, 4) is 11.8 Å². The molecule has 0 aliphatic rings. The monoisotopic (exact) mass is 229 g/mol. The van der Waals surface area contributed by atoms with E-state index in [2.05, 4.69) is 30.6 Å². The molecular formula is C15H19NO. The fourth-order valence-electron chi connectivity index (χ4n) is 1.56. The number of benzene rings is 1. The molecule has 0 atom stereocenters. The molecule has 0 bridgehead atoms. The number of Topliss-reactive ketones (excluding diaryl/α,β-unsaturated/α-hetero) is 1. The van der Waals surface area contributed by atoms with Crippen LogP contribution in [0.2, 0.25) is 0 Å². The van der Waals surface area contributed by atoms with Crippen molar-refractivity contribution in [2.75, 3.05) is 19.6 Å². The predicted molar refractivity (Wildman–Crippen MR) is 71.0 cm³/mol. The van der Waals surface area contributed by atoms with Crippen LogP contribution in [0.1, 0.15) is 30.6 Å². The first-order chi connectivity index (χ1) is 8.27. The first-order valence-electron chi connectivity index (χ1n) is 6.08. The Morgan fingerprint density at radius 1 is 1.24 bits per heavy atom. The molecule has 1 aromatic carbocycles. The Morgan fingerprint density at radius 2 is 1.94 bits per heavy atom. The van der Waals surface area contributed by atoms with Crippen LogP contribution in [0.15, 0.2) is 30.3 Å². The van der Waals surface area contributed by atoms with Crippen LogP contribution in [0, 0.1) is 11.8 Å². The Hall–Kier alpha value is -1.59. The predicted octanol–water partition coefficient (Wildman–Crippen LogP) is 2.60. The molecule has 0 unspecified atom stereocenters. The summed E-state index contributed by atoms with van der Waals surface area (Å²) in [5, 5.41) is 0. The Bertz CT molecular complexity index is 400. The summed E-state index contributed by atoms with van der Waals surface area (Å²) in [5.74, 6) is 5.54. The third-order valence-electron chi connectivity index (χ3n) is 2.53. The van der Waals surface area contributed by atoms with Gasteiger partial charge in [-0.05, 0) is 25.4 Å². The normalized spacial score (nSPS) is 9.82. The molecule has 0 saturated carbocycles. The molecule has 0 amide bonds. The summed E-state index contributed by atoms with van der Waals surface area (Å²) < 4.78 is 0. The average Bonchev–Trinajstić information content (AvgIpc) is 2.38. The van der Waals surface area contributed by atoms with Crippen LogP contribution in [0.5, 0.6) is 0 Å². The van der Waals surface area contributed by atoms with Crippen molar-refractivity contribution < 1.29 is 4.79 Å². The van der Waals surface area contributed by atoms with Gasteiger partial charge in [0.2, 0.25) is 5.78 Å². The van der Waals surface area contributed by atoms with Gasteiger partial charge < -0.3 is 0 Å². The second-order valence-electron chi connectivity index (χ2n) is 3.87. The molecule has 1 aromatic rings. The lowest BCUT2D eigenvalue weighted by molar-refractivity contribution is 0.105. The van der Waals surface area contributed by atoms with E-state index in [1.54, 1.807) is 12.1 Å².